The van der Waals surface area contributed by atoms with Crippen molar-refractivity contribution < 1.29 is 4.48 Å². The predicted molar refractivity (Wildman–Crippen MR) is 51.5 cm³/mol. The maximum atomic E-state index is 13.1. The van der Waals surface area contributed by atoms with Crippen molar-refractivity contribution in [1.29, 1.82) is 0 Å². The van der Waals surface area contributed by atoms with Crippen LogP contribution in [-0.2, 0) is 0 Å². The Morgan fingerprint density at radius 1 is 1.67 bits per heavy atom. The second-order valence-corrected chi connectivity index (χ2v) is 3.83. The summed E-state index contributed by atoms with van der Waals surface area (Å²) in [6.07, 6.45) is 1.05. The van der Waals surface area contributed by atoms with E-state index in [1.807, 2.05) is 6.92 Å². The van der Waals surface area contributed by atoms with Gasteiger partial charge in [0.2, 0.25) is 0 Å². The Kier molecular flexibility index (Phi) is 3.80. The van der Waals surface area contributed by atoms with Gasteiger partial charge in [-0.25, -0.2) is 0 Å². The number of rotatable bonds is 3. The fourth-order valence-corrected chi connectivity index (χ4v) is 2.21. The van der Waals surface area contributed by atoms with Crippen LogP contribution in [0.1, 0.15) is 20.3 Å². The maximum absolute atomic E-state index is 13.1. The van der Waals surface area contributed by atoms with Crippen LogP contribution in [-0.4, -0.2) is 24.3 Å². The Morgan fingerprint density at radius 2 is 2.33 bits per heavy atom. The third-order valence-corrected chi connectivity index (χ3v) is 3.11. The van der Waals surface area contributed by atoms with E-state index in [1.54, 1.807) is 0 Å². The zero-order valence-corrected chi connectivity index (χ0v) is 8.52. The van der Waals surface area contributed by atoms with Crippen molar-refractivity contribution in [2.75, 3.05) is 13.1 Å². The zero-order valence-electron chi connectivity index (χ0n) is 7.63. The lowest BCUT2D eigenvalue weighted by Crippen LogP contribution is -2.29. The van der Waals surface area contributed by atoms with E-state index in [2.05, 4.69) is 24.5 Å². The topological polar surface area (TPSA) is 15.3 Å². The first-order chi connectivity index (χ1) is 5.70. The molecule has 0 aromatic carbocycles. The number of nitrogens with zero attached hydrogens (tertiary/aromatic N) is 1. The molecule has 0 saturated carbocycles. The molecule has 1 aliphatic heterocycles. The molecule has 1 heterocycles. The molecule has 3 atom stereocenters. The monoisotopic (exact) mass is 192 g/mol. The molecule has 1 rings (SSSR count). The molecule has 0 amide bonds. The minimum Gasteiger partial charge on any atom is -0.266 e. The van der Waals surface area contributed by atoms with E-state index in [0.29, 0.717) is 18.4 Å². The summed E-state index contributed by atoms with van der Waals surface area (Å²) in [6.45, 7) is 5.43. The fourth-order valence-electron chi connectivity index (χ4n) is 2.00. The lowest BCUT2D eigenvalue weighted by atomic mass is 9.90. The number of halogens is 1. The average molecular weight is 192 g/mol. The molecular formula is C8H17FN2S. The van der Waals surface area contributed by atoms with Crippen molar-refractivity contribution in [3.05, 3.63) is 0 Å². The minimum absolute atomic E-state index is 0.0367. The van der Waals surface area contributed by atoms with Crippen molar-refractivity contribution in [3.63, 3.8) is 0 Å². The number of nitrogens with one attached hydrogen (secondary N) is 1. The second kappa shape index (κ2) is 4.44. The molecule has 4 heteroatoms. The van der Waals surface area contributed by atoms with Gasteiger partial charge < -0.3 is 0 Å². The van der Waals surface area contributed by atoms with Gasteiger partial charge in [0.15, 0.2) is 0 Å². The summed E-state index contributed by atoms with van der Waals surface area (Å²) in [5, 5.41) is 0.948. The molecule has 0 aromatic heterocycles. The van der Waals surface area contributed by atoms with Crippen LogP contribution in [0.15, 0.2) is 0 Å². The molecule has 0 bridgehead atoms. The van der Waals surface area contributed by atoms with Gasteiger partial charge >= 0.3 is 0 Å². The molecule has 0 aliphatic carbocycles. The Balaban J connectivity index is 2.53. The van der Waals surface area contributed by atoms with Crippen LogP contribution < -0.4 is 4.72 Å². The standard InChI is InChI=1S/C8H17FN2S/c1-3-7-5-11(9)6(2)8(7)4-10-12/h6-8,10,12H,3-5H2,1-2H3. The molecule has 1 aliphatic rings. The molecule has 3 unspecified atom stereocenters. The number of hydrogen-bond acceptors (Lipinski definition) is 3. The van der Waals surface area contributed by atoms with Crippen LogP contribution in [0.4, 0.5) is 4.48 Å². The first-order valence-corrected chi connectivity index (χ1v) is 4.94. The van der Waals surface area contributed by atoms with E-state index >= 15 is 0 Å². The molecule has 1 saturated heterocycles. The summed E-state index contributed by atoms with van der Waals surface area (Å²) in [4.78, 5) is 0. The molecule has 0 radical (unpaired) electrons. The molecule has 1 N–H and O–H groups in total. The fraction of sp³-hybridized carbons (Fsp3) is 1.00. The van der Waals surface area contributed by atoms with Gasteiger partial charge in [-0.05, 0) is 18.8 Å². The van der Waals surface area contributed by atoms with Gasteiger partial charge in [0.05, 0.1) is 0 Å². The molecule has 0 spiro atoms. The Bertz CT molecular complexity index is 145. The van der Waals surface area contributed by atoms with Gasteiger partial charge in [-0.2, -0.15) is 0 Å². The highest BCUT2D eigenvalue weighted by atomic mass is 32.1. The summed E-state index contributed by atoms with van der Waals surface area (Å²) in [5.41, 5.74) is 0. The van der Waals surface area contributed by atoms with Crippen molar-refractivity contribution in [3.8, 4) is 0 Å². The number of hydrogen-bond donors (Lipinski definition) is 2. The van der Waals surface area contributed by atoms with Crippen LogP contribution in [0.2, 0.25) is 0 Å². The summed E-state index contributed by atoms with van der Waals surface area (Å²) in [7, 11) is 0. The largest absolute Gasteiger partial charge is 0.266 e. The third kappa shape index (κ3) is 1.92. The van der Waals surface area contributed by atoms with Gasteiger partial charge in [0.1, 0.15) is 0 Å². The van der Waals surface area contributed by atoms with E-state index in [1.165, 1.54) is 0 Å². The van der Waals surface area contributed by atoms with Crippen molar-refractivity contribution >= 4 is 12.8 Å². The van der Waals surface area contributed by atoms with Crippen LogP contribution >= 0.6 is 12.8 Å². The van der Waals surface area contributed by atoms with Gasteiger partial charge in [0.25, 0.3) is 0 Å². The Hall–Kier alpha value is 0.200. The van der Waals surface area contributed by atoms with E-state index in [9.17, 15) is 4.48 Å². The zero-order chi connectivity index (χ0) is 9.14. The quantitative estimate of drug-likeness (QED) is 0.522. The van der Waals surface area contributed by atoms with Crippen LogP contribution in [0.5, 0.6) is 0 Å². The van der Waals surface area contributed by atoms with Crippen molar-refractivity contribution in [1.82, 2.24) is 9.84 Å². The Morgan fingerprint density at radius 3 is 2.83 bits per heavy atom. The summed E-state index contributed by atoms with van der Waals surface area (Å²) >= 11 is 3.95. The normalized spacial score (nSPS) is 37.5. The minimum atomic E-state index is 0.0367. The lowest BCUT2D eigenvalue weighted by molar-refractivity contribution is 0.00858. The van der Waals surface area contributed by atoms with Gasteiger partial charge in [0, 0.05) is 19.1 Å². The lowest BCUT2D eigenvalue weighted by Gasteiger charge is -2.19. The van der Waals surface area contributed by atoms with Gasteiger partial charge in [-0.15, -0.1) is 9.60 Å². The van der Waals surface area contributed by atoms with Crippen LogP contribution in [0, 0.1) is 11.8 Å². The SMILES string of the molecule is CCC1CN(F)C(C)C1CNS. The average Bonchev–Trinajstić information content (AvgIpc) is 2.33. The molecular weight excluding hydrogens is 175 g/mol. The highest BCUT2D eigenvalue weighted by Gasteiger charge is 2.37. The Labute approximate surface area is 79.0 Å². The molecule has 12 heavy (non-hydrogen) atoms. The van der Waals surface area contributed by atoms with E-state index in [-0.39, 0.29) is 6.04 Å². The maximum Gasteiger partial charge on any atom is 0.0418 e. The third-order valence-electron chi connectivity index (χ3n) is 2.93. The summed E-state index contributed by atoms with van der Waals surface area (Å²) < 4.78 is 15.9. The van der Waals surface area contributed by atoms with Crippen LogP contribution in [0.3, 0.4) is 0 Å². The first kappa shape index (κ1) is 10.3. The summed E-state index contributed by atoms with van der Waals surface area (Å²) in [6, 6.07) is 0.0367. The van der Waals surface area contributed by atoms with Crippen LogP contribution in [0.25, 0.3) is 0 Å². The highest BCUT2D eigenvalue weighted by Crippen LogP contribution is 2.31. The van der Waals surface area contributed by atoms with E-state index < -0.39 is 0 Å². The summed E-state index contributed by atoms with van der Waals surface area (Å²) in [5.74, 6) is 0.877. The van der Waals surface area contributed by atoms with Gasteiger partial charge in [-0.3, -0.25) is 4.72 Å². The van der Waals surface area contributed by atoms with Crippen molar-refractivity contribution in [2.24, 2.45) is 11.8 Å². The smallest absolute Gasteiger partial charge is 0.0418 e. The molecule has 1 fully saturated rings. The number of thiol groups is 1. The second-order valence-electron chi connectivity index (χ2n) is 3.52. The first-order valence-electron chi connectivity index (χ1n) is 4.50. The van der Waals surface area contributed by atoms with E-state index in [0.717, 1.165) is 18.1 Å². The predicted octanol–water partition coefficient (Wildman–Crippen LogP) is 1.65. The highest BCUT2D eigenvalue weighted by molar-refractivity contribution is 7.78. The van der Waals surface area contributed by atoms with Crippen molar-refractivity contribution in [2.45, 2.75) is 26.3 Å². The molecule has 72 valence electrons. The molecule has 0 aromatic rings. The van der Waals surface area contributed by atoms with E-state index in [4.69, 9.17) is 0 Å². The van der Waals surface area contributed by atoms with Gasteiger partial charge in [-0.1, -0.05) is 26.2 Å². The molecule has 2 nitrogen and oxygen atoms in total.